The lowest BCUT2D eigenvalue weighted by atomic mass is 9.87. The first-order chi connectivity index (χ1) is 8.69. The summed E-state index contributed by atoms with van der Waals surface area (Å²) in [6, 6.07) is 6.64. The van der Waals surface area contributed by atoms with E-state index in [1.54, 1.807) is 0 Å². The van der Waals surface area contributed by atoms with Crippen LogP contribution in [0.1, 0.15) is 38.3 Å². The monoisotopic (exact) mass is 248 g/mol. The molecule has 1 heterocycles. The zero-order chi connectivity index (χ0) is 13.0. The molecule has 1 fully saturated rings. The Morgan fingerprint density at radius 3 is 2.72 bits per heavy atom. The maximum absolute atomic E-state index is 5.38. The first-order valence-electron chi connectivity index (χ1n) is 6.82. The van der Waals surface area contributed by atoms with E-state index in [2.05, 4.69) is 35.3 Å². The molecule has 1 aromatic heterocycles. The molecule has 0 bridgehead atoms. The molecule has 0 radical (unpaired) electrons. The normalized spacial score (nSPS) is 24.2. The molecular weight excluding hydrogens is 224 g/mol. The fourth-order valence-corrected chi connectivity index (χ4v) is 2.72. The number of nitrogens with zero attached hydrogens (tertiary/aromatic N) is 2. The van der Waals surface area contributed by atoms with Crippen LogP contribution in [0.5, 0.6) is 0 Å². The smallest absolute Gasteiger partial charge is 0.140 e. The van der Waals surface area contributed by atoms with Crippen molar-refractivity contribution < 1.29 is 0 Å². The van der Waals surface area contributed by atoms with Crippen molar-refractivity contribution >= 4 is 5.82 Å². The van der Waals surface area contributed by atoms with E-state index in [0.29, 0.717) is 6.04 Å². The van der Waals surface area contributed by atoms with Crippen LogP contribution in [-0.2, 0) is 6.54 Å². The third kappa shape index (κ3) is 3.43. The van der Waals surface area contributed by atoms with Gasteiger partial charge in [-0.3, -0.25) is 4.90 Å². The Morgan fingerprint density at radius 1 is 1.33 bits per heavy atom. The molecule has 0 saturated heterocycles. The highest BCUT2D eigenvalue weighted by molar-refractivity contribution is 5.33. The summed E-state index contributed by atoms with van der Waals surface area (Å²) in [5.41, 5.74) is 3.67. The fraction of sp³-hybridized carbons (Fsp3) is 0.643. The van der Waals surface area contributed by atoms with Crippen molar-refractivity contribution in [2.45, 2.75) is 45.2 Å². The summed E-state index contributed by atoms with van der Waals surface area (Å²) < 4.78 is 0. The first kappa shape index (κ1) is 13.3. The molecule has 3 N–H and O–H groups in total. The van der Waals surface area contributed by atoms with Crippen LogP contribution in [0.2, 0.25) is 0 Å². The minimum Gasteiger partial charge on any atom is -0.308 e. The molecule has 0 aromatic carbocycles. The van der Waals surface area contributed by atoms with Crippen LogP contribution in [0, 0.1) is 5.92 Å². The number of hydrogen-bond acceptors (Lipinski definition) is 4. The van der Waals surface area contributed by atoms with Crippen LogP contribution in [0.4, 0.5) is 5.82 Å². The van der Waals surface area contributed by atoms with Crippen LogP contribution in [0.3, 0.4) is 0 Å². The molecule has 4 heteroatoms. The number of hydrazine groups is 1. The summed E-state index contributed by atoms with van der Waals surface area (Å²) in [6.07, 6.45) is 5.33. The van der Waals surface area contributed by atoms with E-state index in [1.807, 2.05) is 12.1 Å². The topological polar surface area (TPSA) is 54.2 Å². The summed E-state index contributed by atoms with van der Waals surface area (Å²) in [6.45, 7) is 3.25. The Morgan fingerprint density at radius 2 is 2.06 bits per heavy atom. The molecule has 4 nitrogen and oxygen atoms in total. The molecule has 0 unspecified atom stereocenters. The molecule has 0 atom stereocenters. The number of pyridine rings is 1. The summed E-state index contributed by atoms with van der Waals surface area (Å²) in [7, 11) is 2.20. The van der Waals surface area contributed by atoms with Crippen molar-refractivity contribution in [3.8, 4) is 0 Å². The minimum absolute atomic E-state index is 0.706. The molecule has 0 aliphatic heterocycles. The lowest BCUT2D eigenvalue weighted by Gasteiger charge is -2.33. The van der Waals surface area contributed by atoms with E-state index >= 15 is 0 Å². The second kappa shape index (κ2) is 6.16. The highest BCUT2D eigenvalue weighted by Crippen LogP contribution is 2.27. The van der Waals surface area contributed by atoms with Gasteiger partial charge in [-0.1, -0.05) is 13.0 Å². The zero-order valence-electron chi connectivity index (χ0n) is 11.4. The Hall–Kier alpha value is -1.13. The molecule has 1 aliphatic rings. The van der Waals surface area contributed by atoms with Crippen molar-refractivity contribution in [2.24, 2.45) is 11.8 Å². The Kier molecular flexibility index (Phi) is 4.55. The molecule has 18 heavy (non-hydrogen) atoms. The van der Waals surface area contributed by atoms with Crippen molar-refractivity contribution in [1.29, 1.82) is 0 Å². The van der Waals surface area contributed by atoms with Crippen LogP contribution < -0.4 is 11.3 Å². The summed E-state index contributed by atoms with van der Waals surface area (Å²) in [5.74, 6) is 7.02. The maximum Gasteiger partial charge on any atom is 0.140 e. The van der Waals surface area contributed by atoms with E-state index in [4.69, 9.17) is 5.84 Å². The summed E-state index contributed by atoms with van der Waals surface area (Å²) >= 11 is 0. The predicted octanol–water partition coefficient (Wildman–Crippen LogP) is 2.38. The number of anilines is 1. The first-order valence-corrected chi connectivity index (χ1v) is 6.82. The second-order valence-electron chi connectivity index (χ2n) is 5.49. The van der Waals surface area contributed by atoms with Gasteiger partial charge >= 0.3 is 0 Å². The van der Waals surface area contributed by atoms with E-state index in [-0.39, 0.29) is 0 Å². The number of rotatable bonds is 4. The SMILES string of the molecule is CC1CCC(N(C)Cc2cccc(NN)n2)CC1. The lowest BCUT2D eigenvalue weighted by Crippen LogP contribution is -2.34. The fourth-order valence-electron chi connectivity index (χ4n) is 2.72. The van der Waals surface area contributed by atoms with E-state index in [9.17, 15) is 0 Å². The van der Waals surface area contributed by atoms with Crippen molar-refractivity contribution in [1.82, 2.24) is 9.88 Å². The minimum atomic E-state index is 0.706. The average molecular weight is 248 g/mol. The van der Waals surface area contributed by atoms with Gasteiger partial charge in [-0.05, 0) is 50.8 Å². The highest BCUT2D eigenvalue weighted by atomic mass is 15.3. The summed E-state index contributed by atoms with van der Waals surface area (Å²) in [5, 5.41) is 0. The standard InChI is InChI=1S/C14H24N4/c1-11-6-8-13(9-7-11)18(2)10-12-4-3-5-14(16-12)17-15/h3-5,11,13H,6-10,15H2,1-2H3,(H,16,17). The van der Waals surface area contributed by atoms with E-state index in [0.717, 1.165) is 24.0 Å². The second-order valence-corrected chi connectivity index (χ2v) is 5.49. The third-order valence-corrected chi connectivity index (χ3v) is 3.97. The number of nitrogen functional groups attached to an aromatic ring is 1. The van der Waals surface area contributed by atoms with Gasteiger partial charge in [-0.15, -0.1) is 0 Å². The van der Waals surface area contributed by atoms with Crippen molar-refractivity contribution in [2.75, 3.05) is 12.5 Å². The number of nitrogens with one attached hydrogen (secondary N) is 1. The Labute approximate surface area is 110 Å². The predicted molar refractivity (Wildman–Crippen MR) is 74.9 cm³/mol. The van der Waals surface area contributed by atoms with Gasteiger partial charge < -0.3 is 5.43 Å². The number of hydrogen-bond donors (Lipinski definition) is 2. The zero-order valence-corrected chi connectivity index (χ0v) is 11.4. The maximum atomic E-state index is 5.38. The molecule has 1 aliphatic carbocycles. The van der Waals surface area contributed by atoms with E-state index < -0.39 is 0 Å². The average Bonchev–Trinajstić information content (AvgIpc) is 2.39. The third-order valence-electron chi connectivity index (χ3n) is 3.97. The van der Waals surface area contributed by atoms with Gasteiger partial charge in [0.15, 0.2) is 0 Å². The molecule has 100 valence electrons. The van der Waals surface area contributed by atoms with Gasteiger partial charge in [-0.25, -0.2) is 10.8 Å². The lowest BCUT2D eigenvalue weighted by molar-refractivity contribution is 0.162. The molecule has 1 saturated carbocycles. The van der Waals surface area contributed by atoms with Gasteiger partial charge in [-0.2, -0.15) is 0 Å². The quantitative estimate of drug-likeness (QED) is 0.634. The van der Waals surface area contributed by atoms with Crippen LogP contribution >= 0.6 is 0 Å². The van der Waals surface area contributed by atoms with Crippen LogP contribution in [0.15, 0.2) is 18.2 Å². The molecule has 0 amide bonds. The number of nitrogens with two attached hydrogens (primary N) is 1. The van der Waals surface area contributed by atoms with Gasteiger partial charge in [0.05, 0.1) is 5.69 Å². The summed E-state index contributed by atoms with van der Waals surface area (Å²) in [4.78, 5) is 6.89. The van der Waals surface area contributed by atoms with Gasteiger partial charge in [0, 0.05) is 12.6 Å². The largest absolute Gasteiger partial charge is 0.308 e. The van der Waals surface area contributed by atoms with Crippen LogP contribution in [0.25, 0.3) is 0 Å². The van der Waals surface area contributed by atoms with Gasteiger partial charge in [0.2, 0.25) is 0 Å². The Balaban J connectivity index is 1.91. The highest BCUT2D eigenvalue weighted by Gasteiger charge is 2.21. The van der Waals surface area contributed by atoms with Gasteiger partial charge in [0.25, 0.3) is 0 Å². The molecule has 0 spiro atoms. The van der Waals surface area contributed by atoms with Crippen LogP contribution in [-0.4, -0.2) is 23.0 Å². The molecule has 1 aromatic rings. The van der Waals surface area contributed by atoms with Crippen molar-refractivity contribution in [3.05, 3.63) is 23.9 Å². The Bertz CT molecular complexity index is 372. The van der Waals surface area contributed by atoms with Crippen molar-refractivity contribution in [3.63, 3.8) is 0 Å². The molecule has 2 rings (SSSR count). The molecular formula is C14H24N4. The van der Waals surface area contributed by atoms with Gasteiger partial charge in [0.1, 0.15) is 5.82 Å². The van der Waals surface area contributed by atoms with E-state index in [1.165, 1.54) is 25.7 Å². The number of aromatic nitrogens is 1.